The standard InChI is InChI=1S/C12H15N3O3/c1-3-18-12(17)7-11(16)8-4-5-9(15-13)10(6-8)14-2/h4-6,15H,2-3,7,13H2,1H3. The quantitative estimate of drug-likeness (QED) is 0.199. The summed E-state index contributed by atoms with van der Waals surface area (Å²) in [7, 11) is 0. The first-order valence-corrected chi connectivity index (χ1v) is 5.38. The lowest BCUT2D eigenvalue weighted by atomic mass is 10.1. The largest absolute Gasteiger partial charge is 0.466 e. The minimum atomic E-state index is -0.545. The Labute approximate surface area is 105 Å². The van der Waals surface area contributed by atoms with E-state index in [0.717, 1.165) is 0 Å². The normalized spacial score (nSPS) is 9.67. The first-order chi connectivity index (χ1) is 8.62. The number of rotatable bonds is 6. The summed E-state index contributed by atoms with van der Waals surface area (Å²) in [6.45, 7) is 5.32. The second-order valence-corrected chi connectivity index (χ2v) is 3.44. The lowest BCUT2D eigenvalue weighted by molar-refractivity contribution is -0.141. The Bertz CT molecular complexity index is 472. The summed E-state index contributed by atoms with van der Waals surface area (Å²) >= 11 is 0. The number of nitrogen functional groups attached to an aromatic ring is 1. The van der Waals surface area contributed by atoms with Crippen molar-refractivity contribution in [1.82, 2.24) is 0 Å². The van der Waals surface area contributed by atoms with E-state index in [0.29, 0.717) is 16.9 Å². The molecule has 0 radical (unpaired) electrons. The van der Waals surface area contributed by atoms with Crippen LogP contribution in [0.2, 0.25) is 0 Å². The van der Waals surface area contributed by atoms with E-state index in [1.54, 1.807) is 19.1 Å². The van der Waals surface area contributed by atoms with Gasteiger partial charge >= 0.3 is 5.97 Å². The summed E-state index contributed by atoms with van der Waals surface area (Å²) in [6.07, 6.45) is -0.292. The van der Waals surface area contributed by atoms with Gasteiger partial charge in [-0.15, -0.1) is 0 Å². The maximum atomic E-state index is 11.8. The number of anilines is 1. The van der Waals surface area contributed by atoms with Gasteiger partial charge in [0.05, 0.1) is 18.0 Å². The number of hydrogen-bond donors (Lipinski definition) is 2. The van der Waals surface area contributed by atoms with E-state index in [1.165, 1.54) is 6.07 Å². The van der Waals surface area contributed by atoms with Crippen molar-refractivity contribution in [1.29, 1.82) is 0 Å². The summed E-state index contributed by atoms with van der Waals surface area (Å²) in [5.41, 5.74) is 3.81. The minimum absolute atomic E-state index is 0.252. The Balaban J connectivity index is 2.86. The molecule has 0 heterocycles. The maximum absolute atomic E-state index is 11.8. The van der Waals surface area contributed by atoms with Gasteiger partial charge in [-0.1, -0.05) is 0 Å². The van der Waals surface area contributed by atoms with Crippen molar-refractivity contribution in [3.8, 4) is 0 Å². The van der Waals surface area contributed by atoms with E-state index in [4.69, 9.17) is 10.6 Å². The molecule has 0 saturated carbocycles. The van der Waals surface area contributed by atoms with Gasteiger partial charge < -0.3 is 10.2 Å². The fourth-order valence-corrected chi connectivity index (χ4v) is 1.40. The summed E-state index contributed by atoms with van der Waals surface area (Å²) in [5, 5.41) is 0. The van der Waals surface area contributed by atoms with Crippen LogP contribution in [0.15, 0.2) is 23.2 Å². The van der Waals surface area contributed by atoms with Gasteiger partial charge in [0.1, 0.15) is 6.42 Å². The van der Waals surface area contributed by atoms with Gasteiger partial charge in [-0.25, -0.2) is 0 Å². The number of ketones is 1. The van der Waals surface area contributed by atoms with Crippen LogP contribution in [0.4, 0.5) is 11.4 Å². The molecule has 0 fully saturated rings. The van der Waals surface area contributed by atoms with Crippen LogP contribution in [0.25, 0.3) is 0 Å². The summed E-state index contributed by atoms with van der Waals surface area (Å²) in [6, 6.07) is 4.68. The first kappa shape index (κ1) is 13.9. The van der Waals surface area contributed by atoms with E-state index in [1.807, 2.05) is 0 Å². The molecule has 0 aliphatic carbocycles. The van der Waals surface area contributed by atoms with E-state index >= 15 is 0 Å². The molecule has 0 aliphatic rings. The minimum Gasteiger partial charge on any atom is -0.466 e. The molecule has 0 bridgehead atoms. The predicted molar refractivity (Wildman–Crippen MR) is 69.0 cm³/mol. The number of benzene rings is 1. The lowest BCUT2D eigenvalue weighted by Crippen LogP contribution is -2.12. The van der Waals surface area contributed by atoms with Gasteiger partial charge in [-0.3, -0.25) is 20.4 Å². The second-order valence-electron chi connectivity index (χ2n) is 3.44. The number of carbonyl (C=O) groups excluding carboxylic acids is 2. The Morgan fingerprint density at radius 1 is 1.50 bits per heavy atom. The third-order valence-electron chi connectivity index (χ3n) is 2.26. The number of esters is 1. The molecule has 0 atom stereocenters. The van der Waals surface area contributed by atoms with Gasteiger partial charge in [0.25, 0.3) is 0 Å². The van der Waals surface area contributed by atoms with Crippen molar-refractivity contribution in [2.75, 3.05) is 12.0 Å². The highest BCUT2D eigenvalue weighted by molar-refractivity contribution is 6.06. The first-order valence-electron chi connectivity index (χ1n) is 5.38. The topological polar surface area (TPSA) is 93.8 Å². The Kier molecular flexibility index (Phi) is 5.01. The molecule has 1 rings (SSSR count). The number of nitrogens with one attached hydrogen (secondary N) is 1. The van der Waals surface area contributed by atoms with Crippen LogP contribution < -0.4 is 11.3 Å². The van der Waals surface area contributed by atoms with Gasteiger partial charge in [0.2, 0.25) is 0 Å². The van der Waals surface area contributed by atoms with Crippen molar-refractivity contribution in [2.45, 2.75) is 13.3 Å². The zero-order chi connectivity index (χ0) is 13.5. The molecule has 1 aromatic rings. The number of carbonyl (C=O) groups is 2. The van der Waals surface area contributed by atoms with E-state index in [9.17, 15) is 9.59 Å². The van der Waals surface area contributed by atoms with Gasteiger partial charge in [-0.05, 0) is 31.8 Å². The summed E-state index contributed by atoms with van der Waals surface area (Å²) < 4.78 is 4.71. The van der Waals surface area contributed by atoms with Gasteiger partial charge in [0.15, 0.2) is 5.78 Å². The molecule has 6 nitrogen and oxygen atoms in total. The Hall–Kier alpha value is -2.21. The average molecular weight is 249 g/mol. The van der Waals surface area contributed by atoms with Crippen LogP contribution in [0.5, 0.6) is 0 Å². The molecule has 1 aromatic carbocycles. The monoisotopic (exact) mass is 249 g/mol. The van der Waals surface area contributed by atoms with Crippen molar-refractivity contribution < 1.29 is 14.3 Å². The van der Waals surface area contributed by atoms with Crippen molar-refractivity contribution in [2.24, 2.45) is 10.8 Å². The van der Waals surface area contributed by atoms with Crippen LogP contribution in [0, 0.1) is 0 Å². The highest BCUT2D eigenvalue weighted by atomic mass is 16.5. The third-order valence-corrected chi connectivity index (χ3v) is 2.26. The molecule has 0 spiro atoms. The smallest absolute Gasteiger partial charge is 0.313 e. The highest BCUT2D eigenvalue weighted by Crippen LogP contribution is 2.25. The molecule has 0 aromatic heterocycles. The fraction of sp³-hybridized carbons (Fsp3) is 0.250. The predicted octanol–water partition coefficient (Wildman–Crippen LogP) is 1.44. The van der Waals surface area contributed by atoms with Gasteiger partial charge in [-0.2, -0.15) is 0 Å². The van der Waals surface area contributed by atoms with Crippen LogP contribution in [0.3, 0.4) is 0 Å². The van der Waals surface area contributed by atoms with Crippen LogP contribution in [-0.2, 0) is 9.53 Å². The Morgan fingerprint density at radius 2 is 2.22 bits per heavy atom. The number of ether oxygens (including phenoxy) is 1. The molecule has 96 valence electrons. The number of hydrazine groups is 1. The molecule has 0 unspecified atom stereocenters. The fourth-order valence-electron chi connectivity index (χ4n) is 1.40. The molecular weight excluding hydrogens is 234 g/mol. The molecule has 0 saturated heterocycles. The number of nitrogens with two attached hydrogens (primary N) is 1. The number of hydrogen-bond acceptors (Lipinski definition) is 6. The van der Waals surface area contributed by atoms with Crippen LogP contribution in [-0.4, -0.2) is 25.1 Å². The zero-order valence-corrected chi connectivity index (χ0v) is 10.1. The van der Waals surface area contributed by atoms with Crippen molar-refractivity contribution in [3.63, 3.8) is 0 Å². The molecular formula is C12H15N3O3. The van der Waals surface area contributed by atoms with Crippen LogP contribution in [0.1, 0.15) is 23.7 Å². The second kappa shape index (κ2) is 6.51. The molecule has 6 heteroatoms. The van der Waals surface area contributed by atoms with E-state index in [-0.39, 0.29) is 18.8 Å². The number of Topliss-reactive ketones (excluding diaryl/α,β-unsaturated/α-hetero) is 1. The van der Waals surface area contributed by atoms with Crippen molar-refractivity contribution >= 4 is 29.8 Å². The summed E-state index contributed by atoms with van der Waals surface area (Å²) in [4.78, 5) is 26.7. The number of aliphatic imine (C=N–C) groups is 1. The SMILES string of the molecule is C=Nc1cc(C(=O)CC(=O)OCC)ccc1NN. The van der Waals surface area contributed by atoms with Gasteiger partial charge in [0, 0.05) is 5.56 Å². The highest BCUT2D eigenvalue weighted by Gasteiger charge is 2.14. The van der Waals surface area contributed by atoms with E-state index < -0.39 is 5.97 Å². The van der Waals surface area contributed by atoms with E-state index in [2.05, 4.69) is 17.1 Å². The number of nitrogens with zero attached hydrogens (tertiary/aromatic N) is 1. The average Bonchev–Trinajstić information content (AvgIpc) is 2.38. The molecule has 0 amide bonds. The van der Waals surface area contributed by atoms with Crippen LogP contribution >= 0.6 is 0 Å². The molecule has 18 heavy (non-hydrogen) atoms. The molecule has 3 N–H and O–H groups in total. The Morgan fingerprint density at radius 3 is 2.78 bits per heavy atom. The maximum Gasteiger partial charge on any atom is 0.313 e. The molecule has 0 aliphatic heterocycles. The van der Waals surface area contributed by atoms with Crippen molar-refractivity contribution in [3.05, 3.63) is 23.8 Å². The lowest BCUT2D eigenvalue weighted by Gasteiger charge is -2.06. The summed E-state index contributed by atoms with van der Waals surface area (Å²) in [5.74, 6) is 4.40. The zero-order valence-electron chi connectivity index (χ0n) is 10.1. The third kappa shape index (κ3) is 3.39.